The molecule has 0 radical (unpaired) electrons. The average Bonchev–Trinajstić information content (AvgIpc) is 3.07. The molecule has 1 fully saturated rings. The topological polar surface area (TPSA) is 57.7 Å². The Morgan fingerprint density at radius 3 is 2.67 bits per heavy atom. The summed E-state index contributed by atoms with van der Waals surface area (Å²) in [6.45, 7) is 3.57. The van der Waals surface area contributed by atoms with Crippen molar-refractivity contribution in [2.24, 2.45) is 0 Å². The molecule has 3 aromatic rings. The van der Waals surface area contributed by atoms with Crippen LogP contribution in [0.25, 0.3) is 0 Å². The van der Waals surface area contributed by atoms with Gasteiger partial charge in [-0.3, -0.25) is 9.69 Å². The van der Waals surface area contributed by atoms with Gasteiger partial charge in [-0.1, -0.05) is 18.2 Å². The summed E-state index contributed by atoms with van der Waals surface area (Å²) < 4.78 is 32.4. The number of pyridine rings is 1. The summed E-state index contributed by atoms with van der Waals surface area (Å²) in [5.74, 6) is -0.00908. The van der Waals surface area contributed by atoms with Gasteiger partial charge in [-0.05, 0) is 36.8 Å². The van der Waals surface area contributed by atoms with Crippen LogP contribution in [0.5, 0.6) is 5.75 Å². The molecule has 1 saturated heterocycles. The maximum absolute atomic E-state index is 14.0. The molecule has 0 atom stereocenters. The number of halogens is 2. The van der Waals surface area contributed by atoms with Gasteiger partial charge in [0, 0.05) is 44.4 Å². The molecule has 1 aliphatic heterocycles. The highest BCUT2D eigenvalue weighted by atomic mass is 19.1. The van der Waals surface area contributed by atoms with E-state index in [0.29, 0.717) is 29.1 Å². The van der Waals surface area contributed by atoms with Crippen LogP contribution in [0.4, 0.5) is 20.3 Å². The number of methoxy groups -OCH3 is 1. The first-order valence-corrected chi connectivity index (χ1v) is 10.8. The summed E-state index contributed by atoms with van der Waals surface area (Å²) in [5.41, 5.74) is 1.55. The van der Waals surface area contributed by atoms with E-state index >= 15 is 0 Å². The molecule has 172 valence electrons. The van der Waals surface area contributed by atoms with Crippen LogP contribution in [0.1, 0.15) is 22.3 Å². The molecular formula is C25H26F2N4O2. The smallest absolute Gasteiger partial charge is 0.259 e. The van der Waals surface area contributed by atoms with Gasteiger partial charge in [-0.2, -0.15) is 0 Å². The maximum Gasteiger partial charge on any atom is 0.259 e. The van der Waals surface area contributed by atoms with E-state index in [4.69, 9.17) is 4.74 Å². The van der Waals surface area contributed by atoms with Crippen LogP contribution >= 0.6 is 0 Å². The first kappa shape index (κ1) is 22.7. The van der Waals surface area contributed by atoms with Crippen molar-refractivity contribution in [3.63, 3.8) is 0 Å². The predicted octanol–water partition coefficient (Wildman–Crippen LogP) is 4.33. The number of rotatable bonds is 6. The monoisotopic (exact) mass is 452 g/mol. The van der Waals surface area contributed by atoms with Crippen molar-refractivity contribution in [2.75, 3.05) is 43.5 Å². The second-order valence-electron chi connectivity index (χ2n) is 7.91. The second-order valence-corrected chi connectivity index (χ2v) is 7.91. The largest absolute Gasteiger partial charge is 0.496 e. The van der Waals surface area contributed by atoms with Crippen molar-refractivity contribution in [3.8, 4) is 5.75 Å². The number of anilines is 2. The van der Waals surface area contributed by atoms with E-state index in [1.54, 1.807) is 24.4 Å². The molecule has 6 nitrogen and oxygen atoms in total. The maximum atomic E-state index is 14.0. The third-order valence-electron chi connectivity index (χ3n) is 5.68. The van der Waals surface area contributed by atoms with E-state index in [0.717, 1.165) is 44.5 Å². The van der Waals surface area contributed by atoms with Gasteiger partial charge in [-0.15, -0.1) is 0 Å². The Kier molecular flexibility index (Phi) is 7.14. The number of carbonyl (C=O) groups is 1. The summed E-state index contributed by atoms with van der Waals surface area (Å²) in [5, 5.41) is 2.85. The second kappa shape index (κ2) is 10.4. The van der Waals surface area contributed by atoms with E-state index < -0.39 is 11.6 Å². The summed E-state index contributed by atoms with van der Waals surface area (Å²) >= 11 is 0. The predicted molar refractivity (Wildman–Crippen MR) is 124 cm³/mol. The minimum absolute atomic E-state index is 0.263. The number of hydrogen-bond donors (Lipinski definition) is 1. The Balaban J connectivity index is 1.35. The molecule has 2 aromatic carbocycles. The Hall–Kier alpha value is -3.52. The van der Waals surface area contributed by atoms with Crippen LogP contribution in [0.3, 0.4) is 0 Å². The molecule has 4 rings (SSSR count). The van der Waals surface area contributed by atoms with Crippen molar-refractivity contribution < 1.29 is 18.3 Å². The van der Waals surface area contributed by atoms with Gasteiger partial charge in [0.1, 0.15) is 23.2 Å². The lowest BCUT2D eigenvalue weighted by Gasteiger charge is -2.23. The summed E-state index contributed by atoms with van der Waals surface area (Å²) in [7, 11) is 1.53. The number of para-hydroxylation sites is 1. The molecule has 0 saturated carbocycles. The zero-order chi connectivity index (χ0) is 23.2. The highest BCUT2D eigenvalue weighted by Crippen LogP contribution is 2.21. The number of carbonyl (C=O) groups excluding carboxylic acids is 1. The lowest BCUT2D eigenvalue weighted by molar-refractivity contribution is 0.102. The van der Waals surface area contributed by atoms with Crippen LogP contribution in [0.15, 0.2) is 60.8 Å². The molecule has 0 unspecified atom stereocenters. The molecule has 8 heteroatoms. The molecule has 0 bridgehead atoms. The molecule has 1 aliphatic rings. The van der Waals surface area contributed by atoms with Crippen LogP contribution < -0.4 is 15.0 Å². The molecular weight excluding hydrogens is 426 g/mol. The van der Waals surface area contributed by atoms with Gasteiger partial charge in [0.25, 0.3) is 5.91 Å². The number of hydrogen-bond acceptors (Lipinski definition) is 5. The van der Waals surface area contributed by atoms with E-state index in [1.165, 1.54) is 19.2 Å². The number of amides is 1. The lowest BCUT2D eigenvalue weighted by atomic mass is 10.2. The fourth-order valence-corrected chi connectivity index (χ4v) is 3.93. The van der Waals surface area contributed by atoms with Gasteiger partial charge in [0.05, 0.1) is 24.6 Å². The Morgan fingerprint density at radius 1 is 1.06 bits per heavy atom. The average molecular weight is 453 g/mol. The first-order valence-electron chi connectivity index (χ1n) is 10.8. The number of benzene rings is 2. The Morgan fingerprint density at radius 2 is 1.91 bits per heavy atom. The fraction of sp³-hybridized carbons (Fsp3) is 0.280. The number of nitrogens with zero attached hydrogens (tertiary/aromatic N) is 3. The number of nitrogens with one attached hydrogen (secondary N) is 1. The van der Waals surface area contributed by atoms with Gasteiger partial charge in [0.2, 0.25) is 0 Å². The minimum atomic E-state index is -0.563. The molecule has 1 N–H and O–H groups in total. The van der Waals surface area contributed by atoms with Crippen LogP contribution in [-0.4, -0.2) is 49.1 Å². The van der Waals surface area contributed by atoms with Gasteiger partial charge < -0.3 is 15.0 Å². The fourth-order valence-electron chi connectivity index (χ4n) is 3.93. The van der Waals surface area contributed by atoms with E-state index in [9.17, 15) is 13.6 Å². The van der Waals surface area contributed by atoms with Crippen molar-refractivity contribution >= 4 is 17.4 Å². The zero-order valence-corrected chi connectivity index (χ0v) is 18.4. The highest BCUT2D eigenvalue weighted by Gasteiger charge is 2.18. The minimum Gasteiger partial charge on any atom is -0.496 e. The zero-order valence-electron chi connectivity index (χ0n) is 18.4. The van der Waals surface area contributed by atoms with Gasteiger partial charge >= 0.3 is 0 Å². The van der Waals surface area contributed by atoms with Crippen molar-refractivity contribution in [1.82, 2.24) is 9.88 Å². The quantitative estimate of drug-likeness (QED) is 0.603. The summed E-state index contributed by atoms with van der Waals surface area (Å²) in [6.07, 6.45) is 2.54. The number of ether oxygens (including phenoxy) is 1. The van der Waals surface area contributed by atoms with Crippen LogP contribution in [-0.2, 0) is 6.54 Å². The van der Waals surface area contributed by atoms with E-state index in [1.807, 2.05) is 18.2 Å². The molecule has 0 spiro atoms. The SMILES string of the molecule is COc1ccccc1C(=O)Nc1ccc(N2CCCN(Cc3ccc(F)cc3F)CC2)nc1. The molecule has 0 aliphatic carbocycles. The lowest BCUT2D eigenvalue weighted by Crippen LogP contribution is -2.31. The van der Waals surface area contributed by atoms with E-state index in [-0.39, 0.29) is 5.91 Å². The molecule has 2 heterocycles. The first-order chi connectivity index (χ1) is 16.0. The summed E-state index contributed by atoms with van der Waals surface area (Å²) in [6, 6.07) is 14.5. The van der Waals surface area contributed by atoms with E-state index in [2.05, 4.69) is 20.1 Å². The van der Waals surface area contributed by atoms with Crippen molar-refractivity contribution in [1.29, 1.82) is 0 Å². The third kappa shape index (κ3) is 5.64. The van der Waals surface area contributed by atoms with Crippen molar-refractivity contribution in [2.45, 2.75) is 13.0 Å². The molecule has 33 heavy (non-hydrogen) atoms. The highest BCUT2D eigenvalue weighted by molar-refractivity contribution is 6.06. The normalized spacial score (nSPS) is 14.6. The van der Waals surface area contributed by atoms with Crippen molar-refractivity contribution in [3.05, 3.63) is 83.6 Å². The molecule has 1 amide bonds. The molecule has 1 aromatic heterocycles. The Bertz CT molecular complexity index is 1110. The van der Waals surface area contributed by atoms with Gasteiger partial charge in [-0.25, -0.2) is 13.8 Å². The summed E-state index contributed by atoms with van der Waals surface area (Å²) in [4.78, 5) is 21.4. The Labute approximate surface area is 191 Å². The van der Waals surface area contributed by atoms with Crippen LogP contribution in [0, 0.1) is 11.6 Å². The standard InChI is InChI=1S/C25H26F2N4O2/c1-33-23-6-3-2-5-21(23)25(32)29-20-9-10-24(28-16-20)31-12-4-11-30(13-14-31)17-18-7-8-19(26)15-22(18)27/h2-3,5-10,15-16H,4,11-14,17H2,1H3,(H,29,32). The third-order valence-corrected chi connectivity index (χ3v) is 5.68. The van der Waals surface area contributed by atoms with Crippen LogP contribution in [0.2, 0.25) is 0 Å². The van der Waals surface area contributed by atoms with Gasteiger partial charge in [0.15, 0.2) is 0 Å². The number of aromatic nitrogens is 1.